The number of aromatic nitrogens is 1. The monoisotopic (exact) mass is 429 g/mol. The Balaban J connectivity index is 1.46. The molecule has 3 aliphatic rings. The molecular formula is C22H25ClFN5O. The number of benzene rings is 1. The van der Waals surface area contributed by atoms with E-state index in [1.165, 1.54) is 0 Å². The molecule has 1 aromatic heterocycles. The average Bonchev–Trinajstić information content (AvgIpc) is 3.66. The molecule has 2 saturated carbocycles. The number of methoxy groups -OCH3 is 1. The Hall–Kier alpha value is -2.38. The maximum atomic E-state index is 15.0. The van der Waals surface area contributed by atoms with Crippen LogP contribution in [0.15, 0.2) is 24.3 Å². The van der Waals surface area contributed by atoms with E-state index >= 15 is 4.39 Å². The Morgan fingerprint density at radius 2 is 1.97 bits per heavy atom. The predicted octanol–water partition coefficient (Wildman–Crippen LogP) is 3.90. The van der Waals surface area contributed by atoms with Gasteiger partial charge in [-0.15, -0.1) is 0 Å². The lowest BCUT2D eigenvalue weighted by molar-refractivity contribution is 0.414. The smallest absolute Gasteiger partial charge is 0.184 e. The number of halogens is 2. The first-order valence-electron chi connectivity index (χ1n) is 10.4. The summed E-state index contributed by atoms with van der Waals surface area (Å²) in [6.07, 6.45) is 2.00. The van der Waals surface area contributed by atoms with E-state index in [0.717, 1.165) is 37.2 Å². The van der Waals surface area contributed by atoms with Crippen LogP contribution in [0, 0.1) is 29.0 Å². The first kappa shape index (κ1) is 19.6. The fourth-order valence-electron chi connectivity index (χ4n) is 4.43. The Kier molecular flexibility index (Phi) is 5.03. The number of rotatable bonds is 8. The third-order valence-electron chi connectivity index (χ3n) is 6.34. The molecule has 1 saturated heterocycles. The van der Waals surface area contributed by atoms with E-state index in [2.05, 4.69) is 20.9 Å². The lowest BCUT2D eigenvalue weighted by Gasteiger charge is -2.20. The Bertz CT molecular complexity index is 968. The van der Waals surface area contributed by atoms with Gasteiger partial charge in [-0.25, -0.2) is 9.37 Å². The quantitative estimate of drug-likeness (QED) is 0.378. The van der Waals surface area contributed by atoms with Gasteiger partial charge in [0.1, 0.15) is 11.6 Å². The zero-order chi connectivity index (χ0) is 20.8. The van der Waals surface area contributed by atoms with Gasteiger partial charge in [0, 0.05) is 24.2 Å². The molecule has 8 heteroatoms. The second-order valence-corrected chi connectivity index (χ2v) is 8.72. The highest BCUT2D eigenvalue weighted by Crippen LogP contribution is 2.52. The van der Waals surface area contributed by atoms with Crippen LogP contribution >= 0.6 is 11.6 Å². The molecule has 4 N–H and O–H groups in total. The molecule has 1 aromatic carbocycles. The molecule has 2 atom stereocenters. The number of nitrogens with zero attached hydrogens (tertiary/aromatic N) is 1. The number of fused-ring (bicyclic) bond motifs is 1. The third kappa shape index (κ3) is 3.61. The van der Waals surface area contributed by atoms with Crippen molar-refractivity contribution in [1.29, 1.82) is 5.41 Å². The molecule has 2 aromatic rings. The van der Waals surface area contributed by atoms with E-state index < -0.39 is 5.82 Å². The topological polar surface area (TPSA) is 82.1 Å². The fourth-order valence-corrected chi connectivity index (χ4v) is 4.61. The molecule has 2 aliphatic carbocycles. The first-order chi connectivity index (χ1) is 14.6. The first-order valence-corrected chi connectivity index (χ1v) is 10.8. The van der Waals surface area contributed by atoms with Gasteiger partial charge in [0.05, 0.1) is 18.4 Å². The van der Waals surface area contributed by atoms with Crippen LogP contribution < -0.4 is 20.7 Å². The molecule has 2 unspecified atom stereocenters. The summed E-state index contributed by atoms with van der Waals surface area (Å²) < 4.78 is 20.2. The molecule has 158 valence electrons. The summed E-state index contributed by atoms with van der Waals surface area (Å²) >= 11 is 6.15. The van der Waals surface area contributed by atoms with Crippen molar-refractivity contribution in [2.24, 2.45) is 17.8 Å². The van der Waals surface area contributed by atoms with Crippen molar-refractivity contribution in [3.8, 4) is 5.75 Å². The predicted molar refractivity (Wildman–Crippen MR) is 116 cm³/mol. The Labute approximate surface area is 180 Å². The Morgan fingerprint density at radius 3 is 2.60 bits per heavy atom. The van der Waals surface area contributed by atoms with E-state index in [4.69, 9.17) is 21.7 Å². The molecule has 0 radical (unpaired) electrons. The van der Waals surface area contributed by atoms with Crippen molar-refractivity contribution in [3.05, 3.63) is 46.4 Å². The fraction of sp³-hybridized carbons (Fsp3) is 0.455. The standard InChI is InChI=1S/C22H25ClFN5O/c1-30-13-6-2-11(3-7-13)8-27-22-17(19(25)16-14-9-26-10-15(14)16)20(28-12-4-5-12)18(24)21(23)29-22/h2-3,6-7,12,14-16,25-26H,4-5,8-10H2,1H3,(H2,27,28,29). The second-order valence-electron chi connectivity index (χ2n) is 8.36. The van der Waals surface area contributed by atoms with Crippen LogP contribution in [-0.4, -0.2) is 36.9 Å². The highest BCUT2D eigenvalue weighted by Gasteiger charge is 2.55. The van der Waals surface area contributed by atoms with Gasteiger partial charge >= 0.3 is 0 Å². The summed E-state index contributed by atoms with van der Waals surface area (Å²) in [5.74, 6) is 1.74. The molecule has 6 nitrogen and oxygen atoms in total. The van der Waals surface area contributed by atoms with E-state index in [1.807, 2.05) is 24.3 Å². The second kappa shape index (κ2) is 7.71. The van der Waals surface area contributed by atoms with Crippen LogP contribution in [0.1, 0.15) is 24.0 Å². The number of pyridine rings is 1. The number of piperidine rings is 1. The molecule has 3 fully saturated rings. The van der Waals surface area contributed by atoms with Gasteiger partial charge < -0.3 is 26.1 Å². The molecule has 30 heavy (non-hydrogen) atoms. The van der Waals surface area contributed by atoms with Gasteiger partial charge in [-0.3, -0.25) is 0 Å². The maximum absolute atomic E-state index is 15.0. The molecule has 2 heterocycles. The highest BCUT2D eigenvalue weighted by molar-refractivity contribution is 6.30. The maximum Gasteiger partial charge on any atom is 0.184 e. The van der Waals surface area contributed by atoms with Crippen molar-refractivity contribution >= 4 is 28.8 Å². The van der Waals surface area contributed by atoms with E-state index in [-0.39, 0.29) is 17.1 Å². The summed E-state index contributed by atoms with van der Waals surface area (Å²) in [6.45, 7) is 2.32. The molecule has 0 bridgehead atoms. The number of anilines is 2. The third-order valence-corrected chi connectivity index (χ3v) is 6.59. The van der Waals surface area contributed by atoms with Gasteiger partial charge in [-0.1, -0.05) is 23.7 Å². The van der Waals surface area contributed by atoms with Gasteiger partial charge in [0.25, 0.3) is 0 Å². The largest absolute Gasteiger partial charge is 0.497 e. The van der Waals surface area contributed by atoms with E-state index in [9.17, 15) is 0 Å². The van der Waals surface area contributed by atoms with Crippen LogP contribution in [0.5, 0.6) is 5.75 Å². The van der Waals surface area contributed by atoms with E-state index in [0.29, 0.717) is 41.2 Å². The summed E-state index contributed by atoms with van der Waals surface area (Å²) in [7, 11) is 1.63. The summed E-state index contributed by atoms with van der Waals surface area (Å²) in [5, 5.41) is 18.7. The summed E-state index contributed by atoms with van der Waals surface area (Å²) in [5.41, 5.74) is 2.32. The summed E-state index contributed by atoms with van der Waals surface area (Å²) in [4.78, 5) is 4.29. The number of hydrogen-bond acceptors (Lipinski definition) is 6. The molecule has 0 amide bonds. The van der Waals surface area contributed by atoms with Gasteiger partial charge in [-0.2, -0.15) is 0 Å². The molecular weight excluding hydrogens is 405 g/mol. The van der Waals surface area contributed by atoms with E-state index in [1.54, 1.807) is 7.11 Å². The minimum atomic E-state index is -0.567. The number of hydrogen-bond donors (Lipinski definition) is 4. The molecule has 0 spiro atoms. The SMILES string of the molecule is COc1ccc(CNc2nc(Cl)c(F)c(NC3CC3)c2C(=N)C2C3CNCC32)cc1. The van der Waals surface area contributed by atoms with Crippen LogP contribution in [0.2, 0.25) is 5.15 Å². The van der Waals surface area contributed by atoms with Crippen LogP contribution in [0.4, 0.5) is 15.9 Å². The normalized spacial score (nSPS) is 24.3. The van der Waals surface area contributed by atoms with Crippen molar-refractivity contribution in [2.75, 3.05) is 30.8 Å². The Morgan fingerprint density at radius 1 is 1.27 bits per heavy atom. The lowest BCUT2D eigenvalue weighted by Crippen LogP contribution is -2.22. The van der Waals surface area contributed by atoms with Crippen molar-refractivity contribution in [2.45, 2.75) is 25.4 Å². The molecule has 5 rings (SSSR count). The number of nitrogens with one attached hydrogen (secondary N) is 4. The minimum absolute atomic E-state index is 0.148. The van der Waals surface area contributed by atoms with Crippen molar-refractivity contribution in [1.82, 2.24) is 10.3 Å². The van der Waals surface area contributed by atoms with Crippen LogP contribution in [0.3, 0.4) is 0 Å². The van der Waals surface area contributed by atoms with Gasteiger partial charge in [0.15, 0.2) is 11.0 Å². The van der Waals surface area contributed by atoms with Crippen LogP contribution in [-0.2, 0) is 6.54 Å². The lowest BCUT2D eigenvalue weighted by atomic mass is 10.0. The minimum Gasteiger partial charge on any atom is -0.497 e. The van der Waals surface area contributed by atoms with Crippen molar-refractivity contribution < 1.29 is 9.13 Å². The van der Waals surface area contributed by atoms with Gasteiger partial charge in [0.2, 0.25) is 0 Å². The average molecular weight is 430 g/mol. The van der Waals surface area contributed by atoms with Crippen LogP contribution in [0.25, 0.3) is 0 Å². The highest BCUT2D eigenvalue weighted by atomic mass is 35.5. The van der Waals surface area contributed by atoms with Gasteiger partial charge in [-0.05, 0) is 55.5 Å². The summed E-state index contributed by atoms with van der Waals surface area (Å²) in [6, 6.07) is 7.94. The molecule has 1 aliphatic heterocycles. The zero-order valence-corrected chi connectivity index (χ0v) is 17.5. The number of ether oxygens (including phenoxy) is 1. The zero-order valence-electron chi connectivity index (χ0n) is 16.8. The van der Waals surface area contributed by atoms with Crippen molar-refractivity contribution in [3.63, 3.8) is 0 Å².